The zero-order chi connectivity index (χ0) is 22.8. The molecule has 0 aliphatic heterocycles. The summed E-state index contributed by atoms with van der Waals surface area (Å²) < 4.78 is 32.6. The van der Waals surface area contributed by atoms with Gasteiger partial charge in [-0.3, -0.25) is 4.79 Å². The maximum Gasteiger partial charge on any atom is 0.255 e. The van der Waals surface area contributed by atoms with Crippen LogP contribution in [-0.2, 0) is 21.2 Å². The third-order valence-corrected chi connectivity index (χ3v) is 6.57. The van der Waals surface area contributed by atoms with Gasteiger partial charge in [-0.1, -0.05) is 48.5 Å². The number of carbonyl (C=O) groups is 1. The lowest BCUT2D eigenvalue weighted by Crippen LogP contribution is -2.40. The second kappa shape index (κ2) is 11.2. The van der Waals surface area contributed by atoms with E-state index in [1.54, 1.807) is 49.6 Å². The number of hydrogen-bond acceptors (Lipinski definition) is 5. The average Bonchev–Trinajstić information content (AvgIpc) is 2.83. The number of ether oxygens (including phenoxy) is 1. The smallest absolute Gasteiger partial charge is 0.255 e. The molecule has 3 aromatic carbocycles. The highest BCUT2D eigenvalue weighted by atomic mass is 32.2. The molecule has 3 aromatic rings. The molecule has 7 nitrogen and oxygen atoms in total. The molecular weight excluding hydrogens is 426 g/mol. The second-order valence-corrected chi connectivity index (χ2v) is 8.89. The van der Waals surface area contributed by atoms with Crippen LogP contribution < -0.4 is 10.2 Å². The van der Waals surface area contributed by atoms with Gasteiger partial charge in [0.25, 0.3) is 5.91 Å². The fourth-order valence-electron chi connectivity index (χ4n) is 2.99. The Morgan fingerprint density at radius 3 is 2.22 bits per heavy atom. The minimum absolute atomic E-state index is 0.141. The number of nitrogens with one attached hydrogen (secondary N) is 1. The van der Waals surface area contributed by atoms with Crippen molar-refractivity contribution in [1.29, 1.82) is 0 Å². The number of nitrogens with zero attached hydrogens (tertiary/aromatic N) is 2. The molecule has 0 aromatic heterocycles. The SMILES string of the molecule is COc1ccc(/C=N\NC(=O)CN(CCc2ccccc2)S(=O)(=O)c2ccccc2)cc1. The van der Waals surface area contributed by atoms with Gasteiger partial charge in [-0.15, -0.1) is 0 Å². The number of hydrogen-bond donors (Lipinski definition) is 1. The number of benzene rings is 3. The predicted molar refractivity (Wildman–Crippen MR) is 124 cm³/mol. The van der Waals surface area contributed by atoms with E-state index in [0.29, 0.717) is 12.2 Å². The van der Waals surface area contributed by atoms with Crippen molar-refractivity contribution < 1.29 is 17.9 Å². The summed E-state index contributed by atoms with van der Waals surface area (Å²) in [5.74, 6) is 0.189. The van der Waals surface area contributed by atoms with Crippen LogP contribution in [0.3, 0.4) is 0 Å². The maximum atomic E-state index is 13.1. The van der Waals surface area contributed by atoms with Gasteiger partial charge < -0.3 is 4.74 Å². The summed E-state index contributed by atoms with van der Waals surface area (Å²) >= 11 is 0. The molecule has 0 saturated heterocycles. The van der Waals surface area contributed by atoms with Crippen LogP contribution in [0, 0.1) is 0 Å². The van der Waals surface area contributed by atoms with E-state index in [0.717, 1.165) is 11.1 Å². The van der Waals surface area contributed by atoms with Gasteiger partial charge >= 0.3 is 0 Å². The van der Waals surface area contributed by atoms with E-state index in [1.165, 1.54) is 22.7 Å². The predicted octanol–water partition coefficient (Wildman–Crippen LogP) is 3.08. The first kappa shape index (κ1) is 23.2. The van der Waals surface area contributed by atoms with Crippen LogP contribution in [0.25, 0.3) is 0 Å². The molecule has 166 valence electrons. The first-order valence-electron chi connectivity index (χ1n) is 10.0. The first-order valence-corrected chi connectivity index (χ1v) is 11.5. The van der Waals surface area contributed by atoms with Gasteiger partial charge in [-0.05, 0) is 53.9 Å². The molecule has 0 heterocycles. The molecule has 0 unspecified atom stereocenters. The van der Waals surface area contributed by atoms with Crippen molar-refractivity contribution in [2.24, 2.45) is 5.10 Å². The molecular formula is C24H25N3O4S. The van der Waals surface area contributed by atoms with E-state index in [2.05, 4.69) is 10.5 Å². The minimum Gasteiger partial charge on any atom is -0.497 e. The monoisotopic (exact) mass is 451 g/mol. The van der Waals surface area contributed by atoms with Crippen molar-refractivity contribution >= 4 is 22.1 Å². The number of hydrazone groups is 1. The molecule has 0 spiro atoms. The maximum absolute atomic E-state index is 13.1. The number of rotatable bonds is 10. The van der Waals surface area contributed by atoms with Crippen LogP contribution in [0.1, 0.15) is 11.1 Å². The Morgan fingerprint density at radius 1 is 0.969 bits per heavy atom. The summed E-state index contributed by atoms with van der Waals surface area (Å²) in [6, 6.07) is 24.8. The lowest BCUT2D eigenvalue weighted by molar-refractivity contribution is -0.121. The van der Waals surface area contributed by atoms with Gasteiger partial charge in [0.05, 0.1) is 24.8 Å². The minimum atomic E-state index is -3.84. The van der Waals surface area contributed by atoms with Crippen molar-refractivity contribution in [3.05, 3.63) is 96.1 Å². The Labute approximate surface area is 188 Å². The standard InChI is InChI=1S/C24H25N3O4S/c1-31-22-14-12-21(13-15-22)18-25-26-24(28)19-27(17-16-20-8-4-2-5-9-20)32(29,30)23-10-6-3-7-11-23/h2-15,18H,16-17,19H2,1H3,(H,26,28)/b25-18-. The summed E-state index contributed by atoms with van der Waals surface area (Å²) in [4.78, 5) is 12.6. The van der Waals surface area contributed by atoms with Gasteiger partial charge in [-0.2, -0.15) is 9.41 Å². The van der Waals surface area contributed by atoms with Crippen LogP contribution in [0.15, 0.2) is 94.9 Å². The largest absolute Gasteiger partial charge is 0.497 e. The molecule has 1 amide bonds. The van der Waals surface area contributed by atoms with E-state index in [9.17, 15) is 13.2 Å². The van der Waals surface area contributed by atoms with Gasteiger partial charge in [0.15, 0.2) is 0 Å². The van der Waals surface area contributed by atoms with Gasteiger partial charge in [-0.25, -0.2) is 13.8 Å². The molecule has 0 bridgehead atoms. The molecule has 3 rings (SSSR count). The molecule has 0 saturated carbocycles. The van der Waals surface area contributed by atoms with E-state index in [1.807, 2.05) is 30.3 Å². The van der Waals surface area contributed by atoms with Crippen molar-refractivity contribution in [2.75, 3.05) is 20.2 Å². The molecule has 0 radical (unpaired) electrons. The Kier molecular flexibility index (Phi) is 8.13. The summed E-state index contributed by atoms with van der Waals surface area (Å²) in [5.41, 5.74) is 4.16. The Bertz CT molecular complexity index is 1130. The van der Waals surface area contributed by atoms with Crippen LogP contribution in [0.4, 0.5) is 0 Å². The molecule has 1 N–H and O–H groups in total. The van der Waals surface area contributed by atoms with Crippen molar-refractivity contribution in [1.82, 2.24) is 9.73 Å². The van der Waals surface area contributed by atoms with E-state index >= 15 is 0 Å². The zero-order valence-electron chi connectivity index (χ0n) is 17.7. The van der Waals surface area contributed by atoms with Crippen LogP contribution in [0.5, 0.6) is 5.75 Å². The molecule has 0 aliphatic carbocycles. The molecule has 8 heteroatoms. The van der Waals surface area contributed by atoms with E-state index < -0.39 is 15.9 Å². The highest BCUT2D eigenvalue weighted by molar-refractivity contribution is 7.89. The highest BCUT2D eigenvalue weighted by Gasteiger charge is 2.26. The Hall–Kier alpha value is -3.49. The molecule has 0 atom stereocenters. The summed E-state index contributed by atoms with van der Waals surface area (Å²) in [5, 5.41) is 3.94. The third kappa shape index (κ3) is 6.50. The normalized spacial score (nSPS) is 11.6. The van der Waals surface area contributed by atoms with E-state index in [4.69, 9.17) is 4.74 Å². The molecule has 0 aliphatic rings. The lowest BCUT2D eigenvalue weighted by Gasteiger charge is -2.21. The highest BCUT2D eigenvalue weighted by Crippen LogP contribution is 2.16. The van der Waals surface area contributed by atoms with Crippen LogP contribution in [0.2, 0.25) is 0 Å². The number of methoxy groups -OCH3 is 1. The van der Waals surface area contributed by atoms with Crippen molar-refractivity contribution in [2.45, 2.75) is 11.3 Å². The van der Waals surface area contributed by atoms with Crippen LogP contribution >= 0.6 is 0 Å². The van der Waals surface area contributed by atoms with Crippen molar-refractivity contribution in [3.63, 3.8) is 0 Å². The quantitative estimate of drug-likeness (QED) is 0.379. The fraction of sp³-hybridized carbons (Fsp3) is 0.167. The lowest BCUT2D eigenvalue weighted by atomic mass is 10.1. The van der Waals surface area contributed by atoms with Gasteiger partial charge in [0, 0.05) is 6.54 Å². The Balaban J connectivity index is 1.69. The molecule has 32 heavy (non-hydrogen) atoms. The van der Waals surface area contributed by atoms with E-state index in [-0.39, 0.29) is 18.0 Å². The topological polar surface area (TPSA) is 88.1 Å². The summed E-state index contributed by atoms with van der Waals surface area (Å²) in [7, 11) is -2.26. The number of carbonyl (C=O) groups excluding carboxylic acids is 1. The first-order chi connectivity index (χ1) is 15.5. The van der Waals surface area contributed by atoms with Crippen molar-refractivity contribution in [3.8, 4) is 5.75 Å². The second-order valence-electron chi connectivity index (χ2n) is 6.95. The zero-order valence-corrected chi connectivity index (χ0v) is 18.5. The third-order valence-electron chi connectivity index (χ3n) is 4.71. The average molecular weight is 452 g/mol. The Morgan fingerprint density at radius 2 is 1.59 bits per heavy atom. The summed E-state index contributed by atoms with van der Waals surface area (Å²) in [6.07, 6.45) is 1.96. The summed E-state index contributed by atoms with van der Waals surface area (Å²) in [6.45, 7) is -0.180. The van der Waals surface area contributed by atoms with Gasteiger partial charge in [0.2, 0.25) is 10.0 Å². The number of sulfonamides is 1. The fourth-order valence-corrected chi connectivity index (χ4v) is 4.41. The van der Waals surface area contributed by atoms with Crippen LogP contribution in [-0.4, -0.2) is 45.0 Å². The molecule has 0 fully saturated rings. The van der Waals surface area contributed by atoms with Gasteiger partial charge in [0.1, 0.15) is 5.75 Å². The number of amides is 1.